The summed E-state index contributed by atoms with van der Waals surface area (Å²) in [7, 11) is -7.45. The number of carbonyl (C=O) groups is 1. The Bertz CT molecular complexity index is 2140. The fraction of sp³-hybridized carbons (Fsp3) is 0.423. The zero-order valence-corrected chi connectivity index (χ0v) is 29.4. The van der Waals surface area contributed by atoms with Crippen LogP contribution in [0.25, 0.3) is 22.3 Å². The highest BCUT2D eigenvalue weighted by Gasteiger charge is 2.50. The first-order chi connectivity index (χ1) is 25.3. The number of anilines is 2. The first kappa shape index (κ1) is 38.1. The van der Waals surface area contributed by atoms with Crippen LogP contribution < -0.4 is 11.5 Å². The van der Waals surface area contributed by atoms with E-state index >= 15 is 0 Å². The molecule has 1 saturated heterocycles. The number of ether oxygens (including phenoxy) is 5. The van der Waals surface area contributed by atoms with Crippen molar-refractivity contribution in [2.24, 2.45) is 0 Å². The number of cyclic esters (lactones) is 1. The van der Waals surface area contributed by atoms with Crippen LogP contribution in [-0.2, 0) is 62.2 Å². The third-order valence-corrected chi connectivity index (χ3v) is 9.46. The lowest BCUT2D eigenvalue weighted by atomic mass is 10.1. The van der Waals surface area contributed by atoms with E-state index in [0.717, 1.165) is 12.4 Å². The number of hydrogen-bond acceptors (Lipinski definition) is 21. The Hall–Kier alpha value is -4.65. The monoisotopic (exact) mass is 786 g/mol. The number of esters is 1. The van der Waals surface area contributed by atoms with Crippen LogP contribution in [0.15, 0.2) is 48.7 Å². The molecular formula is C26H32N10O15P2. The van der Waals surface area contributed by atoms with Crippen molar-refractivity contribution >= 4 is 55.6 Å². The van der Waals surface area contributed by atoms with E-state index in [9.17, 15) is 28.8 Å². The lowest BCUT2D eigenvalue weighted by Crippen LogP contribution is -2.36. The molecule has 6 heterocycles. The summed E-state index contributed by atoms with van der Waals surface area (Å²) >= 11 is 0. The second-order valence-corrected chi connectivity index (χ2v) is 13.6. The molecule has 27 heteroatoms. The highest BCUT2D eigenvalue weighted by molar-refractivity contribution is 7.47. The van der Waals surface area contributed by atoms with Crippen molar-refractivity contribution < 1.29 is 70.6 Å². The summed E-state index contributed by atoms with van der Waals surface area (Å²) in [5.41, 5.74) is 12.8. The smallest absolute Gasteiger partial charge is 0.474 e. The van der Waals surface area contributed by atoms with E-state index in [1.54, 1.807) is 4.57 Å². The molecule has 0 spiro atoms. The summed E-state index contributed by atoms with van der Waals surface area (Å²) in [6, 6.07) is 0. The minimum atomic E-state index is -5.02. The molecule has 2 unspecified atom stereocenters. The van der Waals surface area contributed by atoms with Crippen molar-refractivity contribution in [2.75, 3.05) is 52.3 Å². The molecule has 1 fully saturated rings. The maximum absolute atomic E-state index is 13.0. The summed E-state index contributed by atoms with van der Waals surface area (Å²) in [5, 5.41) is 11.3. The van der Waals surface area contributed by atoms with E-state index in [-0.39, 0.29) is 53.2 Å². The predicted octanol–water partition coefficient (Wildman–Crippen LogP) is -0.356. The first-order valence-corrected chi connectivity index (χ1v) is 18.1. The van der Waals surface area contributed by atoms with Crippen molar-refractivity contribution in [3.05, 3.63) is 48.7 Å². The second kappa shape index (κ2) is 15.8. The Labute approximate surface area is 297 Å². The van der Waals surface area contributed by atoms with Gasteiger partial charge in [0.25, 0.3) is 5.76 Å². The number of phosphoric acid groups is 2. The predicted molar refractivity (Wildman–Crippen MR) is 173 cm³/mol. The minimum absolute atomic E-state index is 0.0214. The third-order valence-electron chi connectivity index (χ3n) is 7.57. The molecule has 25 nitrogen and oxygen atoms in total. The molecule has 4 aromatic rings. The molecular weight excluding hydrogens is 754 g/mol. The topological polar surface area (TPSA) is 334 Å². The zero-order chi connectivity index (χ0) is 37.9. The Morgan fingerprint density at radius 2 is 1.58 bits per heavy atom. The highest BCUT2D eigenvalue weighted by Crippen LogP contribution is 2.50. The number of nitrogens with two attached hydrogens (primary N) is 2. The van der Waals surface area contributed by atoms with Gasteiger partial charge in [0.1, 0.15) is 42.0 Å². The molecule has 6 atom stereocenters. The largest absolute Gasteiger partial charge is 0.490 e. The number of carbonyl (C=O) groups excluding carboxylic acids is 1. The van der Waals surface area contributed by atoms with E-state index in [0.29, 0.717) is 11.2 Å². The van der Waals surface area contributed by atoms with Crippen LogP contribution in [0.2, 0.25) is 0 Å². The van der Waals surface area contributed by atoms with Crippen LogP contribution >= 0.6 is 15.6 Å². The maximum Gasteiger partial charge on any atom is 0.474 e. The number of aromatic nitrogens is 8. The van der Waals surface area contributed by atoms with Gasteiger partial charge in [0.05, 0.1) is 46.7 Å². The van der Waals surface area contributed by atoms with Crippen molar-refractivity contribution in [3.63, 3.8) is 0 Å². The average molecular weight is 787 g/mol. The van der Waals surface area contributed by atoms with Crippen LogP contribution in [0.3, 0.4) is 0 Å². The van der Waals surface area contributed by atoms with Crippen molar-refractivity contribution in [3.8, 4) is 0 Å². The lowest BCUT2D eigenvalue weighted by molar-refractivity contribution is -0.136. The van der Waals surface area contributed by atoms with E-state index in [4.69, 9.17) is 53.2 Å². The van der Waals surface area contributed by atoms with Gasteiger partial charge in [-0.3, -0.25) is 22.7 Å². The molecule has 286 valence electrons. The second-order valence-electron chi connectivity index (χ2n) is 10.8. The van der Waals surface area contributed by atoms with Gasteiger partial charge in [-0.2, -0.15) is 0 Å². The summed E-state index contributed by atoms with van der Waals surface area (Å²) in [6.45, 7) is -1.99. The normalized spacial score (nSPS) is 23.5. The van der Waals surface area contributed by atoms with Gasteiger partial charge in [-0.25, -0.2) is 43.8 Å². The Balaban J connectivity index is 1.10. The number of aliphatic hydroxyl groups excluding tert-OH is 1. The van der Waals surface area contributed by atoms with E-state index in [2.05, 4.69) is 29.9 Å². The number of aliphatic hydroxyl groups is 1. The van der Waals surface area contributed by atoms with Crippen molar-refractivity contribution in [1.82, 2.24) is 39.0 Å². The van der Waals surface area contributed by atoms with Gasteiger partial charge < -0.3 is 54.6 Å². The number of rotatable bonds is 17. The molecule has 0 aromatic carbocycles. The summed E-state index contributed by atoms with van der Waals surface area (Å²) in [5.74, 6) is -1.06. The third kappa shape index (κ3) is 8.30. The number of nitrogen functional groups attached to an aromatic ring is 2. The van der Waals surface area contributed by atoms with Gasteiger partial charge in [0.2, 0.25) is 5.76 Å². The number of methoxy groups -OCH3 is 2. The molecule has 0 radical (unpaired) electrons. The molecule has 0 bridgehead atoms. The van der Waals surface area contributed by atoms with Crippen molar-refractivity contribution in [1.29, 1.82) is 0 Å². The van der Waals surface area contributed by atoms with E-state index in [1.807, 2.05) is 0 Å². The summed E-state index contributed by atoms with van der Waals surface area (Å²) < 4.78 is 75.2. The molecule has 6 rings (SSSR count). The molecule has 4 aromatic heterocycles. The Kier molecular flexibility index (Phi) is 11.3. The molecule has 0 saturated carbocycles. The molecule has 7 N–H and O–H groups in total. The van der Waals surface area contributed by atoms with Gasteiger partial charge in [-0.05, 0) is 6.08 Å². The van der Waals surface area contributed by atoms with Gasteiger partial charge in [-0.1, -0.05) is 0 Å². The Morgan fingerprint density at radius 1 is 0.906 bits per heavy atom. The molecule has 2 aliphatic heterocycles. The van der Waals surface area contributed by atoms with Gasteiger partial charge >= 0.3 is 21.6 Å². The first-order valence-electron chi connectivity index (χ1n) is 15.1. The van der Waals surface area contributed by atoms with Crippen LogP contribution in [0.1, 0.15) is 6.23 Å². The quantitative estimate of drug-likeness (QED) is 0.0395. The number of imidazole rings is 2. The van der Waals surface area contributed by atoms with Gasteiger partial charge in [0.15, 0.2) is 41.7 Å². The van der Waals surface area contributed by atoms with Crippen LogP contribution in [0.5, 0.6) is 0 Å². The van der Waals surface area contributed by atoms with Crippen LogP contribution in [-0.4, -0.2) is 119 Å². The van der Waals surface area contributed by atoms with Crippen molar-refractivity contribution in [2.45, 2.75) is 31.1 Å². The standard InChI is InChI=1S/C26H32N10O15P2/c1-43-19-13(50-26(38)20(19)44-2)3-5-46-52(39,40)47-7-14-18(17(37)25(49-14)36-11-34-16-22(28)30-9-32-24(16)36)51-53(41,42)48-12-45-6-4-35-10-33-15-21(27)29-8-31-23(15)35/h3,8-11,14,17-18,25,37H,4-7,12H2,1-2H3,(H,39,40)(H,41,42)(H2,27,29,31)(H2,28,30,32)/b13-3+/t14-,17-,18-,25-/m1/s1. The maximum atomic E-state index is 13.0. The molecule has 2 aliphatic rings. The number of phosphoric ester groups is 2. The molecule has 0 aliphatic carbocycles. The Morgan fingerprint density at radius 3 is 2.30 bits per heavy atom. The van der Waals surface area contributed by atoms with Crippen LogP contribution in [0.4, 0.5) is 11.6 Å². The fourth-order valence-corrected chi connectivity index (χ4v) is 6.66. The van der Waals surface area contributed by atoms with Gasteiger partial charge in [0, 0.05) is 6.54 Å². The minimum Gasteiger partial charge on any atom is -0.490 e. The number of hydrogen-bond donors (Lipinski definition) is 5. The van der Waals surface area contributed by atoms with Gasteiger partial charge in [-0.15, -0.1) is 0 Å². The fourth-order valence-electron chi connectivity index (χ4n) is 5.16. The molecule has 0 amide bonds. The lowest BCUT2D eigenvalue weighted by Gasteiger charge is -2.23. The summed E-state index contributed by atoms with van der Waals surface area (Å²) in [6.07, 6.45) is -0.161. The SMILES string of the molecule is COC1=C(OC)/C(=C\COP(=O)(O)OC[C@H]2O[C@@H](n3cnc4c(N)ncnc43)[C@H](O)[C@@H]2OP(=O)(O)OCOCCn2cnc3c(N)ncnc32)OC1=O. The zero-order valence-electron chi connectivity index (χ0n) is 27.6. The average Bonchev–Trinajstić information content (AvgIpc) is 3.88. The highest BCUT2D eigenvalue weighted by atomic mass is 31.2. The van der Waals surface area contributed by atoms with Crippen LogP contribution in [0, 0.1) is 0 Å². The summed E-state index contributed by atoms with van der Waals surface area (Å²) in [4.78, 5) is 57.0. The number of nitrogens with zero attached hydrogens (tertiary/aromatic N) is 8. The molecule has 53 heavy (non-hydrogen) atoms. The van der Waals surface area contributed by atoms with E-state index < -0.39 is 66.2 Å². The van der Waals surface area contributed by atoms with E-state index in [1.165, 1.54) is 37.8 Å². The number of fused-ring (bicyclic) bond motifs is 2.